The molecule has 1 heterocycles. The summed E-state index contributed by atoms with van der Waals surface area (Å²) >= 11 is 0. The van der Waals surface area contributed by atoms with Crippen LogP contribution in [0.4, 0.5) is 0 Å². The van der Waals surface area contributed by atoms with Crippen LogP contribution in [0.5, 0.6) is 0 Å². The van der Waals surface area contributed by atoms with Gasteiger partial charge in [-0.25, -0.2) is 0 Å². The lowest BCUT2D eigenvalue weighted by Crippen LogP contribution is -2.47. The minimum absolute atomic E-state index is 0.0912. The zero-order chi connectivity index (χ0) is 15.2. The van der Waals surface area contributed by atoms with Gasteiger partial charge in [-0.05, 0) is 64.7 Å². The Morgan fingerprint density at radius 1 is 1.35 bits per heavy atom. The smallest absolute Gasteiger partial charge is 0.220 e. The Morgan fingerprint density at radius 2 is 1.95 bits per heavy atom. The lowest BCUT2D eigenvalue weighted by molar-refractivity contribution is -0.122. The predicted octanol–water partition coefficient (Wildman–Crippen LogP) is 1.86. The minimum atomic E-state index is 0.0912. The summed E-state index contributed by atoms with van der Waals surface area (Å²) in [5.74, 6) is 0.940. The highest BCUT2D eigenvalue weighted by molar-refractivity contribution is 5.76. The summed E-state index contributed by atoms with van der Waals surface area (Å²) in [6.07, 6.45) is 4.14. The zero-order valence-corrected chi connectivity index (χ0v) is 14.0. The molecule has 4 heteroatoms. The first-order valence-electron chi connectivity index (χ1n) is 7.96. The summed E-state index contributed by atoms with van der Waals surface area (Å²) in [4.78, 5) is 14.3. The van der Waals surface area contributed by atoms with Crippen molar-refractivity contribution < 1.29 is 4.79 Å². The fourth-order valence-electron chi connectivity index (χ4n) is 2.97. The number of carbonyl (C=O) groups is 1. The van der Waals surface area contributed by atoms with Crippen LogP contribution < -0.4 is 10.6 Å². The van der Waals surface area contributed by atoms with Crippen molar-refractivity contribution in [3.8, 4) is 0 Å². The van der Waals surface area contributed by atoms with Gasteiger partial charge in [-0.1, -0.05) is 13.8 Å². The number of piperidine rings is 1. The van der Waals surface area contributed by atoms with Crippen LogP contribution in [0, 0.1) is 11.3 Å². The Morgan fingerprint density at radius 3 is 2.50 bits per heavy atom. The molecule has 0 aliphatic carbocycles. The number of hydrogen-bond donors (Lipinski definition) is 2. The molecule has 1 rings (SSSR count). The van der Waals surface area contributed by atoms with Crippen molar-refractivity contribution in [1.29, 1.82) is 0 Å². The second-order valence-electron chi connectivity index (χ2n) is 7.25. The molecule has 0 radical (unpaired) electrons. The highest BCUT2D eigenvalue weighted by Gasteiger charge is 2.27. The van der Waals surface area contributed by atoms with E-state index in [1.54, 1.807) is 0 Å². The van der Waals surface area contributed by atoms with Gasteiger partial charge in [0.05, 0.1) is 0 Å². The molecule has 118 valence electrons. The monoisotopic (exact) mass is 283 g/mol. The van der Waals surface area contributed by atoms with Gasteiger partial charge in [0.1, 0.15) is 0 Å². The SMILES string of the molecule is CC(NC(=O)CCC1CCNCC1)C(C)(C)CN(C)C. The first-order chi connectivity index (χ1) is 9.31. The van der Waals surface area contributed by atoms with Gasteiger partial charge < -0.3 is 15.5 Å². The Kier molecular flexibility index (Phi) is 6.96. The van der Waals surface area contributed by atoms with Gasteiger partial charge in [-0.2, -0.15) is 0 Å². The van der Waals surface area contributed by atoms with E-state index < -0.39 is 0 Å². The van der Waals surface area contributed by atoms with Crippen molar-refractivity contribution in [3.05, 3.63) is 0 Å². The molecular formula is C16H33N3O. The fraction of sp³-hybridized carbons (Fsp3) is 0.938. The maximum Gasteiger partial charge on any atom is 0.220 e. The quantitative estimate of drug-likeness (QED) is 0.749. The van der Waals surface area contributed by atoms with E-state index in [2.05, 4.69) is 50.4 Å². The van der Waals surface area contributed by atoms with Gasteiger partial charge in [0.25, 0.3) is 0 Å². The molecule has 0 saturated carbocycles. The molecule has 0 aromatic carbocycles. The first kappa shape index (κ1) is 17.4. The molecule has 0 aromatic heterocycles. The number of carbonyl (C=O) groups excluding carboxylic acids is 1. The number of rotatable bonds is 7. The number of amides is 1. The summed E-state index contributed by atoms with van der Waals surface area (Å²) in [5.41, 5.74) is 0.0912. The number of nitrogens with one attached hydrogen (secondary N) is 2. The Labute approximate surface area is 124 Å². The molecule has 1 saturated heterocycles. The van der Waals surface area contributed by atoms with E-state index in [-0.39, 0.29) is 17.4 Å². The molecule has 1 aliphatic rings. The molecule has 20 heavy (non-hydrogen) atoms. The van der Waals surface area contributed by atoms with Crippen molar-refractivity contribution in [2.24, 2.45) is 11.3 Å². The summed E-state index contributed by atoms with van der Waals surface area (Å²) in [7, 11) is 4.15. The van der Waals surface area contributed by atoms with E-state index in [0.29, 0.717) is 6.42 Å². The highest BCUT2D eigenvalue weighted by Crippen LogP contribution is 2.22. The summed E-state index contributed by atoms with van der Waals surface area (Å²) in [6.45, 7) is 9.74. The maximum absolute atomic E-state index is 12.1. The molecule has 1 aliphatic heterocycles. The third-order valence-corrected chi connectivity index (χ3v) is 4.51. The normalized spacial score (nSPS) is 19.1. The van der Waals surface area contributed by atoms with Crippen LogP contribution in [0.1, 0.15) is 46.5 Å². The van der Waals surface area contributed by atoms with Crippen LogP contribution in [0.25, 0.3) is 0 Å². The zero-order valence-electron chi connectivity index (χ0n) is 14.0. The van der Waals surface area contributed by atoms with E-state index >= 15 is 0 Å². The van der Waals surface area contributed by atoms with E-state index in [9.17, 15) is 4.79 Å². The molecule has 1 fully saturated rings. The van der Waals surface area contributed by atoms with Crippen LogP contribution >= 0.6 is 0 Å². The van der Waals surface area contributed by atoms with Gasteiger partial charge >= 0.3 is 0 Å². The molecule has 1 unspecified atom stereocenters. The van der Waals surface area contributed by atoms with Crippen molar-refractivity contribution in [2.75, 3.05) is 33.7 Å². The van der Waals surface area contributed by atoms with Gasteiger partial charge in [-0.3, -0.25) is 4.79 Å². The summed E-state index contributed by atoms with van der Waals surface area (Å²) in [5, 5.41) is 6.55. The minimum Gasteiger partial charge on any atom is -0.353 e. The van der Waals surface area contributed by atoms with Crippen LogP contribution in [-0.2, 0) is 4.79 Å². The van der Waals surface area contributed by atoms with Crippen LogP contribution in [0.2, 0.25) is 0 Å². The molecule has 0 bridgehead atoms. The predicted molar refractivity (Wildman–Crippen MR) is 84.8 cm³/mol. The molecule has 1 atom stereocenters. The maximum atomic E-state index is 12.1. The largest absolute Gasteiger partial charge is 0.353 e. The Balaban J connectivity index is 2.29. The lowest BCUT2D eigenvalue weighted by atomic mass is 9.84. The second kappa shape index (κ2) is 7.99. The highest BCUT2D eigenvalue weighted by atomic mass is 16.1. The molecular weight excluding hydrogens is 250 g/mol. The van der Waals surface area contributed by atoms with Crippen LogP contribution in [0.3, 0.4) is 0 Å². The van der Waals surface area contributed by atoms with Crippen LogP contribution in [-0.4, -0.2) is 50.6 Å². The van der Waals surface area contributed by atoms with Crippen LogP contribution in [0.15, 0.2) is 0 Å². The summed E-state index contributed by atoms with van der Waals surface area (Å²) in [6, 6.07) is 0.199. The van der Waals surface area contributed by atoms with Gasteiger partial charge in [0.2, 0.25) is 5.91 Å². The average Bonchev–Trinajstić information content (AvgIpc) is 2.36. The molecule has 4 nitrogen and oxygen atoms in total. The van der Waals surface area contributed by atoms with Crippen molar-refractivity contribution >= 4 is 5.91 Å². The van der Waals surface area contributed by atoms with E-state index in [0.717, 1.165) is 32.0 Å². The standard InChI is InChI=1S/C16H33N3O/c1-13(16(2,3)12-19(4)5)18-15(20)7-6-14-8-10-17-11-9-14/h13-14,17H,6-12H2,1-5H3,(H,18,20). The van der Waals surface area contributed by atoms with Gasteiger partial charge in [-0.15, -0.1) is 0 Å². The average molecular weight is 283 g/mol. The van der Waals surface area contributed by atoms with Gasteiger partial charge in [0, 0.05) is 19.0 Å². The molecule has 0 spiro atoms. The lowest BCUT2D eigenvalue weighted by Gasteiger charge is -2.35. The molecule has 0 aromatic rings. The third-order valence-electron chi connectivity index (χ3n) is 4.51. The van der Waals surface area contributed by atoms with Crippen molar-refractivity contribution in [3.63, 3.8) is 0 Å². The fourth-order valence-corrected chi connectivity index (χ4v) is 2.97. The Bertz CT molecular complexity index is 296. The first-order valence-corrected chi connectivity index (χ1v) is 7.96. The van der Waals surface area contributed by atoms with E-state index in [1.165, 1.54) is 12.8 Å². The van der Waals surface area contributed by atoms with Crippen molar-refractivity contribution in [2.45, 2.75) is 52.5 Å². The topological polar surface area (TPSA) is 44.4 Å². The molecule has 2 N–H and O–H groups in total. The second-order valence-corrected chi connectivity index (χ2v) is 7.25. The van der Waals surface area contributed by atoms with E-state index in [4.69, 9.17) is 0 Å². The molecule has 1 amide bonds. The number of nitrogens with zero attached hydrogens (tertiary/aromatic N) is 1. The third kappa shape index (κ3) is 6.23. The number of hydrogen-bond acceptors (Lipinski definition) is 3. The van der Waals surface area contributed by atoms with Gasteiger partial charge in [0.15, 0.2) is 0 Å². The van der Waals surface area contributed by atoms with Crippen molar-refractivity contribution in [1.82, 2.24) is 15.5 Å². The summed E-state index contributed by atoms with van der Waals surface area (Å²) < 4.78 is 0. The van der Waals surface area contributed by atoms with E-state index in [1.807, 2.05) is 0 Å². The Hall–Kier alpha value is -0.610.